The molecule has 3 heteroatoms. The van der Waals surface area contributed by atoms with Crippen molar-refractivity contribution in [2.75, 3.05) is 13.6 Å². The normalized spacial score (nSPS) is 13.8. The van der Waals surface area contributed by atoms with Crippen LogP contribution >= 0.6 is 0 Å². The number of fused-ring (bicyclic) bond motifs is 1. The molecule has 1 amide bonds. The molecule has 70 valence electrons. The maximum atomic E-state index is 11.5. The van der Waals surface area contributed by atoms with E-state index in [2.05, 4.69) is 6.07 Å². The molecule has 0 radical (unpaired) electrons. The molecule has 0 atom stereocenters. The zero-order valence-corrected chi connectivity index (χ0v) is 12.1. The summed E-state index contributed by atoms with van der Waals surface area (Å²) < 4.78 is 0. The number of benzene rings is 1. The summed E-state index contributed by atoms with van der Waals surface area (Å²) in [6, 6.07) is 8.52. The first kappa shape index (κ1) is 14.3. The van der Waals surface area contributed by atoms with E-state index >= 15 is 0 Å². The number of rotatable bonds is 0. The number of nitrogens with zero attached hydrogens (tertiary/aromatic N) is 1. The maximum absolute atomic E-state index is 11.5. The van der Waals surface area contributed by atoms with Crippen molar-refractivity contribution in [3.8, 4) is 0 Å². The monoisotopic (exact) mass is 214 g/mol. The number of likely N-dealkylation sites (N-methyl/N-ethyl adjacent to an activating group) is 1. The summed E-state index contributed by atoms with van der Waals surface area (Å²) in [5.74, 6) is 0.130. The Morgan fingerprint density at radius 3 is 2.93 bits per heavy atom. The summed E-state index contributed by atoms with van der Waals surface area (Å²) in [6.45, 7) is 0.823. The molecule has 1 aromatic rings. The van der Waals surface area contributed by atoms with Crippen molar-refractivity contribution in [3.63, 3.8) is 0 Å². The minimum absolute atomic E-state index is 0. The molecule has 1 aromatic carbocycles. The molecule has 1 aliphatic heterocycles. The van der Waals surface area contributed by atoms with Gasteiger partial charge in [-0.3, -0.25) is 4.79 Å². The van der Waals surface area contributed by atoms with E-state index in [0.717, 1.165) is 24.1 Å². The van der Waals surface area contributed by atoms with Crippen molar-refractivity contribution < 1.29 is 56.2 Å². The molecule has 0 bridgehead atoms. The second-order valence-corrected chi connectivity index (χ2v) is 3.06. The Kier molecular flexibility index (Phi) is 6.17. The summed E-state index contributed by atoms with van der Waals surface area (Å²) in [6.07, 6.45) is 0.953. The minimum atomic E-state index is 0. The van der Waals surface area contributed by atoms with Crippen LogP contribution in [0.1, 0.15) is 15.9 Å². The first-order valence-electron chi connectivity index (χ1n) is 4.03. The molecule has 0 saturated heterocycles. The van der Waals surface area contributed by atoms with Gasteiger partial charge in [-0.25, -0.2) is 0 Å². The average Bonchev–Trinajstić information content (AvgIpc) is 2.12. The summed E-state index contributed by atoms with van der Waals surface area (Å²) in [7, 11) is 1.84. The van der Waals surface area contributed by atoms with E-state index in [4.69, 9.17) is 0 Å². The van der Waals surface area contributed by atoms with Crippen LogP contribution in [0.15, 0.2) is 18.2 Å². The summed E-state index contributed by atoms with van der Waals surface area (Å²) in [5, 5.41) is 0. The number of hydrogen-bond donors (Lipinski definition) is 0. The van der Waals surface area contributed by atoms with Gasteiger partial charge in [0.25, 0.3) is 0 Å². The molecule has 0 saturated carbocycles. The molecule has 0 aromatic heterocycles. The van der Waals surface area contributed by atoms with Crippen LogP contribution < -0.4 is 51.4 Å². The van der Waals surface area contributed by atoms with Gasteiger partial charge < -0.3 is 12.3 Å². The van der Waals surface area contributed by atoms with Gasteiger partial charge in [-0.05, 0) is 0 Å². The van der Waals surface area contributed by atoms with E-state index in [1.165, 1.54) is 0 Å². The Bertz CT molecular complexity index is 325. The molecule has 1 aliphatic rings. The van der Waals surface area contributed by atoms with Gasteiger partial charge in [0, 0.05) is 13.6 Å². The van der Waals surface area contributed by atoms with Crippen LogP contribution in [-0.4, -0.2) is 24.4 Å². The van der Waals surface area contributed by atoms with E-state index < -0.39 is 0 Å². The molecule has 1 heterocycles. The number of hydrogen-bond acceptors (Lipinski definition) is 1. The SMILES string of the molecule is CN1CCc2c[c-]ccc2C1=O.[CH3-].[K+]. The van der Waals surface area contributed by atoms with Gasteiger partial charge in [0.1, 0.15) is 0 Å². The van der Waals surface area contributed by atoms with Gasteiger partial charge in [-0.15, -0.1) is 5.56 Å². The van der Waals surface area contributed by atoms with Crippen LogP contribution in [0.2, 0.25) is 0 Å². The summed E-state index contributed by atoms with van der Waals surface area (Å²) in [4.78, 5) is 13.3. The van der Waals surface area contributed by atoms with Crippen LogP contribution in [0, 0.1) is 13.5 Å². The Labute approximate surface area is 128 Å². The first-order valence-corrected chi connectivity index (χ1v) is 4.03. The summed E-state index contributed by atoms with van der Waals surface area (Å²) in [5.41, 5.74) is 1.96. The number of amides is 1. The predicted molar refractivity (Wildman–Crippen MR) is 52.4 cm³/mol. The van der Waals surface area contributed by atoms with Gasteiger partial charge in [-0.1, -0.05) is 12.0 Å². The topological polar surface area (TPSA) is 20.3 Å². The molecule has 0 fully saturated rings. The van der Waals surface area contributed by atoms with Crippen LogP contribution in [-0.2, 0) is 6.42 Å². The molecule has 2 nitrogen and oxygen atoms in total. The van der Waals surface area contributed by atoms with Gasteiger partial charge in [-0.2, -0.15) is 24.3 Å². The van der Waals surface area contributed by atoms with E-state index in [0.29, 0.717) is 0 Å². The third-order valence-electron chi connectivity index (χ3n) is 2.24. The number of carbonyl (C=O) groups is 1. The van der Waals surface area contributed by atoms with Crippen molar-refractivity contribution in [2.24, 2.45) is 0 Å². The second kappa shape index (κ2) is 6.03. The summed E-state index contributed by atoms with van der Waals surface area (Å²) >= 11 is 0. The zero-order chi connectivity index (χ0) is 8.55. The van der Waals surface area contributed by atoms with Crippen molar-refractivity contribution in [3.05, 3.63) is 42.8 Å². The van der Waals surface area contributed by atoms with Crippen LogP contribution in [0.25, 0.3) is 0 Å². The van der Waals surface area contributed by atoms with Gasteiger partial charge in [0.2, 0.25) is 5.91 Å². The van der Waals surface area contributed by atoms with E-state index in [1.807, 2.05) is 19.2 Å². The molecule has 0 spiro atoms. The molecule has 2 rings (SSSR count). The minimum Gasteiger partial charge on any atom is -0.358 e. The Hall–Kier alpha value is 0.326. The molecule has 0 N–H and O–H groups in total. The van der Waals surface area contributed by atoms with Gasteiger partial charge in [0.15, 0.2) is 0 Å². The predicted octanol–water partition coefficient (Wildman–Crippen LogP) is -1.43. The largest absolute Gasteiger partial charge is 1.00 e. The van der Waals surface area contributed by atoms with Crippen LogP contribution in [0.3, 0.4) is 0 Å². The Morgan fingerprint density at radius 2 is 2.21 bits per heavy atom. The maximum Gasteiger partial charge on any atom is 1.00 e. The smallest absolute Gasteiger partial charge is 0.358 e. The van der Waals surface area contributed by atoms with Crippen molar-refractivity contribution >= 4 is 5.91 Å². The molecule has 14 heavy (non-hydrogen) atoms. The number of carbonyl (C=O) groups excluding carboxylic acids is 1. The Morgan fingerprint density at radius 1 is 1.50 bits per heavy atom. The van der Waals surface area contributed by atoms with Crippen molar-refractivity contribution in [1.82, 2.24) is 4.90 Å². The third kappa shape index (κ3) is 2.67. The standard InChI is InChI=1S/C10H10NO.CH3.K/c1-11-7-6-8-4-2-3-5-9(8)10(11)12;;/h3-5H,6-7H2,1H3;1H3;/q2*-1;+1. The van der Waals surface area contributed by atoms with Crippen LogP contribution in [0.4, 0.5) is 0 Å². The second-order valence-electron chi connectivity index (χ2n) is 3.06. The fourth-order valence-corrected chi connectivity index (χ4v) is 1.48. The fraction of sp³-hybridized carbons (Fsp3) is 0.273. The Balaban J connectivity index is 0.000000845. The third-order valence-corrected chi connectivity index (χ3v) is 2.24. The zero-order valence-electron chi connectivity index (χ0n) is 9.00. The molecule has 0 aliphatic carbocycles. The fourth-order valence-electron chi connectivity index (χ4n) is 1.48. The molecular formula is C11H13KNO-. The van der Waals surface area contributed by atoms with E-state index in [1.54, 1.807) is 11.0 Å². The van der Waals surface area contributed by atoms with E-state index in [9.17, 15) is 4.79 Å². The van der Waals surface area contributed by atoms with Crippen LogP contribution in [0.5, 0.6) is 0 Å². The molecular weight excluding hydrogens is 201 g/mol. The van der Waals surface area contributed by atoms with Gasteiger partial charge in [0.05, 0.1) is 0 Å². The van der Waals surface area contributed by atoms with E-state index in [-0.39, 0.29) is 64.7 Å². The van der Waals surface area contributed by atoms with Crippen molar-refractivity contribution in [2.45, 2.75) is 6.42 Å². The molecule has 0 unspecified atom stereocenters. The first-order chi connectivity index (χ1) is 5.79. The van der Waals surface area contributed by atoms with Crippen molar-refractivity contribution in [1.29, 1.82) is 0 Å². The quantitative estimate of drug-likeness (QED) is 0.383. The van der Waals surface area contributed by atoms with Gasteiger partial charge >= 0.3 is 51.4 Å². The average molecular weight is 214 g/mol.